The maximum absolute atomic E-state index is 12.8. The Morgan fingerprint density at radius 2 is 1.76 bits per heavy atom. The molecule has 0 aliphatic heterocycles. The van der Waals surface area contributed by atoms with Gasteiger partial charge in [0.05, 0.1) is 17.0 Å². The minimum absolute atomic E-state index is 0.143. The Bertz CT molecular complexity index is 1340. The predicted octanol–water partition coefficient (Wildman–Crippen LogP) is 4.42. The average molecular weight is 476 g/mol. The van der Waals surface area contributed by atoms with Crippen molar-refractivity contribution in [2.24, 2.45) is 0 Å². The molecule has 2 heterocycles. The van der Waals surface area contributed by atoms with Crippen molar-refractivity contribution in [3.8, 4) is 17.1 Å². The number of alkyl halides is 3. The van der Waals surface area contributed by atoms with Gasteiger partial charge in [0.2, 0.25) is 11.7 Å². The number of aromatic nitrogens is 3. The minimum Gasteiger partial charge on any atom is -0.406 e. The fourth-order valence-corrected chi connectivity index (χ4v) is 4.00. The minimum atomic E-state index is -4.87. The summed E-state index contributed by atoms with van der Waals surface area (Å²) < 4.78 is 73.9. The Morgan fingerprint density at radius 1 is 1.00 bits per heavy atom. The number of rotatable bonds is 7. The Kier molecular flexibility index (Phi) is 6.01. The molecule has 2 aromatic heterocycles. The molecule has 0 aliphatic carbocycles. The molecule has 12 heteroatoms. The Morgan fingerprint density at radius 3 is 2.45 bits per heavy atom. The van der Waals surface area contributed by atoms with Crippen LogP contribution < -0.4 is 9.46 Å². The van der Waals surface area contributed by atoms with Crippen LogP contribution >= 0.6 is 0 Å². The number of hydrogen-bond acceptors (Lipinski definition) is 7. The number of para-hydroxylation sites is 1. The first kappa shape index (κ1) is 22.3. The van der Waals surface area contributed by atoms with Crippen molar-refractivity contribution in [3.05, 3.63) is 84.5 Å². The van der Waals surface area contributed by atoms with E-state index in [2.05, 4.69) is 24.6 Å². The maximum Gasteiger partial charge on any atom is 0.573 e. The summed E-state index contributed by atoms with van der Waals surface area (Å²) >= 11 is 0. The lowest BCUT2D eigenvalue weighted by atomic mass is 10.1. The van der Waals surface area contributed by atoms with E-state index in [4.69, 9.17) is 4.52 Å². The molecule has 0 saturated carbocycles. The predicted molar refractivity (Wildman–Crippen MR) is 111 cm³/mol. The van der Waals surface area contributed by atoms with E-state index >= 15 is 0 Å². The van der Waals surface area contributed by atoms with Crippen LogP contribution in [0.2, 0.25) is 0 Å². The SMILES string of the molecule is O=S(=O)(Nc1ccccc1Cc1nc(-c2cccnc2)no1)c1ccc(OC(F)(F)F)cc1. The monoisotopic (exact) mass is 476 g/mol. The average Bonchev–Trinajstić information content (AvgIpc) is 3.23. The number of halogens is 3. The van der Waals surface area contributed by atoms with Gasteiger partial charge < -0.3 is 9.26 Å². The van der Waals surface area contributed by atoms with E-state index in [1.54, 1.807) is 48.8 Å². The van der Waals surface area contributed by atoms with Gasteiger partial charge in [-0.15, -0.1) is 13.2 Å². The summed E-state index contributed by atoms with van der Waals surface area (Å²) in [4.78, 5) is 8.08. The van der Waals surface area contributed by atoms with Crippen molar-refractivity contribution in [1.82, 2.24) is 15.1 Å². The molecule has 8 nitrogen and oxygen atoms in total. The number of nitrogens with zero attached hydrogens (tertiary/aromatic N) is 3. The second kappa shape index (κ2) is 8.90. The first-order valence-electron chi connectivity index (χ1n) is 9.39. The van der Waals surface area contributed by atoms with Crippen LogP contribution in [0.25, 0.3) is 11.4 Å². The van der Waals surface area contributed by atoms with Crippen molar-refractivity contribution in [3.63, 3.8) is 0 Å². The highest BCUT2D eigenvalue weighted by molar-refractivity contribution is 7.92. The summed E-state index contributed by atoms with van der Waals surface area (Å²) in [5.74, 6) is 0.0779. The molecule has 1 N–H and O–H groups in total. The zero-order valence-electron chi connectivity index (χ0n) is 16.7. The first-order valence-corrected chi connectivity index (χ1v) is 10.9. The Balaban J connectivity index is 1.52. The van der Waals surface area contributed by atoms with Gasteiger partial charge in [0.25, 0.3) is 10.0 Å². The van der Waals surface area contributed by atoms with E-state index in [0.29, 0.717) is 17.0 Å². The van der Waals surface area contributed by atoms with Crippen molar-refractivity contribution in [1.29, 1.82) is 0 Å². The fraction of sp³-hybridized carbons (Fsp3) is 0.0952. The molecule has 4 aromatic rings. The third-order valence-electron chi connectivity index (χ3n) is 4.36. The largest absolute Gasteiger partial charge is 0.573 e. The lowest BCUT2D eigenvalue weighted by molar-refractivity contribution is -0.274. The second-order valence-corrected chi connectivity index (χ2v) is 8.39. The molecule has 33 heavy (non-hydrogen) atoms. The number of sulfonamides is 1. The van der Waals surface area contributed by atoms with E-state index < -0.39 is 22.1 Å². The van der Waals surface area contributed by atoms with Crippen molar-refractivity contribution in [2.45, 2.75) is 17.7 Å². The van der Waals surface area contributed by atoms with Crippen LogP contribution in [0.5, 0.6) is 5.75 Å². The van der Waals surface area contributed by atoms with Gasteiger partial charge in [0, 0.05) is 18.0 Å². The van der Waals surface area contributed by atoms with Crippen LogP contribution in [-0.2, 0) is 16.4 Å². The third-order valence-corrected chi connectivity index (χ3v) is 5.74. The van der Waals surface area contributed by atoms with Gasteiger partial charge in [-0.3, -0.25) is 9.71 Å². The van der Waals surface area contributed by atoms with Gasteiger partial charge in [-0.25, -0.2) is 8.42 Å². The number of benzene rings is 2. The first-order chi connectivity index (χ1) is 15.7. The summed E-state index contributed by atoms with van der Waals surface area (Å²) in [6.45, 7) is 0. The second-order valence-electron chi connectivity index (χ2n) is 6.71. The Labute approximate surface area is 186 Å². The van der Waals surface area contributed by atoms with E-state index in [-0.39, 0.29) is 22.9 Å². The van der Waals surface area contributed by atoms with Gasteiger partial charge in [-0.1, -0.05) is 23.4 Å². The molecule has 0 spiro atoms. The van der Waals surface area contributed by atoms with E-state index in [9.17, 15) is 21.6 Å². The molecule has 0 aliphatic rings. The summed E-state index contributed by atoms with van der Waals surface area (Å²) in [6.07, 6.45) is -1.53. The highest BCUT2D eigenvalue weighted by Crippen LogP contribution is 2.26. The molecule has 0 unspecified atom stereocenters. The van der Waals surface area contributed by atoms with Crippen LogP contribution in [-0.4, -0.2) is 29.9 Å². The topological polar surface area (TPSA) is 107 Å². The summed E-state index contributed by atoms with van der Waals surface area (Å²) in [7, 11) is -4.09. The molecule has 0 radical (unpaired) electrons. The molecule has 0 saturated heterocycles. The standard InChI is InChI=1S/C21H15F3N4O4S/c22-21(23,24)31-16-7-9-17(10-8-16)33(29,30)28-18-6-2-1-4-14(18)12-19-26-20(27-32-19)15-5-3-11-25-13-15/h1-11,13,28H,12H2. The van der Waals surface area contributed by atoms with Gasteiger partial charge in [-0.2, -0.15) is 4.98 Å². The number of nitrogens with one attached hydrogen (secondary N) is 1. The number of pyridine rings is 1. The summed E-state index contributed by atoms with van der Waals surface area (Å²) in [5.41, 5.74) is 1.48. The van der Waals surface area contributed by atoms with Crippen molar-refractivity contribution in [2.75, 3.05) is 4.72 Å². The highest BCUT2D eigenvalue weighted by Gasteiger charge is 2.31. The van der Waals surface area contributed by atoms with Crippen LogP contribution in [0.1, 0.15) is 11.5 Å². The molecular weight excluding hydrogens is 461 g/mol. The molecule has 0 amide bonds. The molecule has 0 fully saturated rings. The lowest BCUT2D eigenvalue weighted by Crippen LogP contribution is -2.17. The normalized spacial score (nSPS) is 11.8. The lowest BCUT2D eigenvalue weighted by Gasteiger charge is -2.13. The summed E-state index contributed by atoms with van der Waals surface area (Å²) in [5, 5.41) is 3.91. The van der Waals surface area contributed by atoms with E-state index in [1.807, 2.05) is 0 Å². The molecular formula is C21H15F3N4O4S. The molecule has 0 bridgehead atoms. The van der Waals surface area contributed by atoms with Gasteiger partial charge in [-0.05, 0) is 48.0 Å². The summed E-state index contributed by atoms with van der Waals surface area (Å²) in [6, 6.07) is 14.0. The van der Waals surface area contributed by atoms with E-state index in [1.165, 1.54) is 0 Å². The number of hydrogen-bond donors (Lipinski definition) is 1. The third kappa shape index (κ3) is 5.66. The highest BCUT2D eigenvalue weighted by atomic mass is 32.2. The number of anilines is 1. The fourth-order valence-electron chi connectivity index (χ4n) is 2.90. The van der Waals surface area contributed by atoms with Crippen LogP contribution in [0.3, 0.4) is 0 Å². The van der Waals surface area contributed by atoms with E-state index in [0.717, 1.165) is 24.3 Å². The zero-order chi connectivity index (χ0) is 23.5. The van der Waals surface area contributed by atoms with Crippen molar-refractivity contribution < 1.29 is 30.8 Å². The van der Waals surface area contributed by atoms with Crippen LogP contribution in [0, 0.1) is 0 Å². The smallest absolute Gasteiger partial charge is 0.406 e. The van der Waals surface area contributed by atoms with Crippen LogP contribution in [0.4, 0.5) is 18.9 Å². The van der Waals surface area contributed by atoms with Gasteiger partial charge in [0.15, 0.2) is 0 Å². The Hall–Kier alpha value is -3.93. The van der Waals surface area contributed by atoms with Gasteiger partial charge in [0.1, 0.15) is 5.75 Å². The van der Waals surface area contributed by atoms with Crippen LogP contribution in [0.15, 0.2) is 82.5 Å². The quantitative estimate of drug-likeness (QED) is 0.421. The zero-order valence-corrected chi connectivity index (χ0v) is 17.5. The molecule has 2 aromatic carbocycles. The van der Waals surface area contributed by atoms with Gasteiger partial charge >= 0.3 is 6.36 Å². The van der Waals surface area contributed by atoms with Crippen molar-refractivity contribution >= 4 is 15.7 Å². The number of ether oxygens (including phenoxy) is 1. The molecule has 4 rings (SSSR count). The molecule has 0 atom stereocenters. The molecule has 170 valence electrons. The maximum atomic E-state index is 12.8.